The number of benzene rings is 1. The first-order valence-electron chi connectivity index (χ1n) is 7.67. The van der Waals surface area contributed by atoms with E-state index in [9.17, 15) is 4.79 Å². The maximum atomic E-state index is 12.7. The molecule has 0 atom stereocenters. The maximum absolute atomic E-state index is 12.7. The molecule has 4 nitrogen and oxygen atoms in total. The van der Waals surface area contributed by atoms with Crippen LogP contribution in [0.1, 0.15) is 37.7 Å². The van der Waals surface area contributed by atoms with Gasteiger partial charge in [-0.05, 0) is 12.8 Å². The average Bonchev–Trinajstić information content (AvgIpc) is 3.07. The van der Waals surface area contributed by atoms with Crippen molar-refractivity contribution < 1.29 is 19.0 Å². The van der Waals surface area contributed by atoms with Crippen LogP contribution in [0.4, 0.5) is 0 Å². The van der Waals surface area contributed by atoms with Crippen molar-refractivity contribution in [2.75, 3.05) is 20.3 Å². The van der Waals surface area contributed by atoms with Gasteiger partial charge < -0.3 is 14.2 Å². The largest absolute Gasteiger partial charge is 0.468 e. The first-order valence-corrected chi connectivity index (χ1v) is 7.67. The number of hydrogen-bond donors (Lipinski definition) is 0. The lowest BCUT2D eigenvalue weighted by molar-refractivity contribution is -0.260. The lowest BCUT2D eigenvalue weighted by Gasteiger charge is -2.46. The molecule has 1 aromatic carbocycles. The molecule has 0 radical (unpaired) electrons. The summed E-state index contributed by atoms with van der Waals surface area (Å²) in [5.41, 5.74) is 0.174. The normalized spacial score (nSPS) is 23.7. The van der Waals surface area contributed by atoms with Crippen LogP contribution in [-0.2, 0) is 24.8 Å². The third kappa shape index (κ3) is 2.17. The lowest BCUT2D eigenvalue weighted by atomic mass is 9.66. The summed E-state index contributed by atoms with van der Waals surface area (Å²) >= 11 is 0. The third-order valence-corrected chi connectivity index (χ3v) is 4.76. The van der Waals surface area contributed by atoms with Crippen molar-refractivity contribution >= 4 is 5.97 Å². The molecule has 1 heterocycles. The molecule has 0 aromatic heterocycles. The Morgan fingerprint density at radius 3 is 2.24 bits per heavy atom. The third-order valence-electron chi connectivity index (χ3n) is 4.76. The number of esters is 1. The monoisotopic (exact) mass is 290 g/mol. The van der Waals surface area contributed by atoms with Crippen LogP contribution >= 0.6 is 0 Å². The van der Waals surface area contributed by atoms with Gasteiger partial charge in [-0.15, -0.1) is 0 Å². The number of hydrogen-bond acceptors (Lipinski definition) is 4. The van der Waals surface area contributed by atoms with E-state index in [4.69, 9.17) is 14.2 Å². The van der Waals surface area contributed by atoms with Crippen molar-refractivity contribution in [1.29, 1.82) is 0 Å². The first-order chi connectivity index (χ1) is 10.3. The van der Waals surface area contributed by atoms with E-state index >= 15 is 0 Å². The van der Waals surface area contributed by atoms with E-state index in [1.165, 1.54) is 7.11 Å². The van der Waals surface area contributed by atoms with Crippen molar-refractivity contribution in [2.24, 2.45) is 5.41 Å². The van der Waals surface area contributed by atoms with Crippen molar-refractivity contribution in [1.82, 2.24) is 0 Å². The molecule has 0 amide bonds. The quantitative estimate of drug-likeness (QED) is 0.803. The van der Waals surface area contributed by atoms with E-state index in [1.54, 1.807) is 0 Å². The smallest absolute Gasteiger partial charge is 0.317 e. The molecule has 1 aliphatic heterocycles. The molecule has 21 heavy (non-hydrogen) atoms. The average molecular weight is 290 g/mol. The van der Waals surface area contributed by atoms with Crippen LogP contribution in [0.2, 0.25) is 0 Å². The molecule has 0 spiro atoms. The van der Waals surface area contributed by atoms with Crippen LogP contribution in [0.15, 0.2) is 30.3 Å². The molecule has 1 aromatic rings. The van der Waals surface area contributed by atoms with E-state index in [-0.39, 0.29) is 5.97 Å². The summed E-state index contributed by atoms with van der Waals surface area (Å²) in [6, 6.07) is 9.82. The summed E-state index contributed by atoms with van der Waals surface area (Å²) < 4.78 is 17.3. The minimum Gasteiger partial charge on any atom is -0.468 e. The summed E-state index contributed by atoms with van der Waals surface area (Å²) in [7, 11) is 1.45. The van der Waals surface area contributed by atoms with Gasteiger partial charge >= 0.3 is 5.97 Å². The van der Waals surface area contributed by atoms with Crippen LogP contribution in [-0.4, -0.2) is 26.3 Å². The van der Waals surface area contributed by atoms with E-state index in [0.29, 0.717) is 13.2 Å². The van der Waals surface area contributed by atoms with Crippen LogP contribution in [0, 0.1) is 5.41 Å². The fourth-order valence-electron chi connectivity index (χ4n) is 3.81. The van der Waals surface area contributed by atoms with Gasteiger partial charge in [-0.1, -0.05) is 49.6 Å². The summed E-state index contributed by atoms with van der Waals surface area (Å²) in [6.07, 6.45) is 4.62. The maximum Gasteiger partial charge on any atom is 0.317 e. The predicted molar refractivity (Wildman–Crippen MR) is 77.6 cm³/mol. The summed E-state index contributed by atoms with van der Waals surface area (Å²) in [5, 5.41) is 0. The molecule has 1 saturated heterocycles. The molecule has 0 bridgehead atoms. The molecule has 0 N–H and O–H groups in total. The van der Waals surface area contributed by atoms with Gasteiger partial charge in [0.2, 0.25) is 5.79 Å². The highest BCUT2D eigenvalue weighted by atomic mass is 16.7. The van der Waals surface area contributed by atoms with Crippen LogP contribution in [0.5, 0.6) is 0 Å². The highest BCUT2D eigenvalue weighted by Gasteiger charge is 2.62. The number of carbonyl (C=O) groups is 1. The van der Waals surface area contributed by atoms with Gasteiger partial charge in [0.25, 0.3) is 0 Å². The highest BCUT2D eigenvalue weighted by Crippen LogP contribution is 2.55. The number of ether oxygens (including phenoxy) is 3. The Bertz CT molecular complexity index is 485. The van der Waals surface area contributed by atoms with E-state index < -0.39 is 11.2 Å². The molecule has 2 aliphatic rings. The first kappa shape index (κ1) is 14.5. The Morgan fingerprint density at radius 2 is 1.67 bits per heavy atom. The topological polar surface area (TPSA) is 44.8 Å². The molecular formula is C17H22O4. The molecular weight excluding hydrogens is 268 g/mol. The molecule has 0 unspecified atom stereocenters. The van der Waals surface area contributed by atoms with E-state index in [2.05, 4.69) is 0 Å². The minimum absolute atomic E-state index is 0.215. The Kier molecular flexibility index (Phi) is 4.00. The molecule has 114 valence electrons. The van der Waals surface area contributed by atoms with Crippen molar-refractivity contribution in [3.8, 4) is 0 Å². The van der Waals surface area contributed by atoms with Crippen LogP contribution in [0.25, 0.3) is 0 Å². The zero-order valence-corrected chi connectivity index (χ0v) is 12.5. The van der Waals surface area contributed by atoms with Crippen LogP contribution < -0.4 is 0 Å². The van der Waals surface area contributed by atoms with Crippen molar-refractivity contribution in [3.63, 3.8) is 0 Å². The van der Waals surface area contributed by atoms with Gasteiger partial charge in [-0.25, -0.2) is 0 Å². The SMILES string of the molecule is COC(=O)C1(C2(c3ccccc3)OCCO2)CCCCC1. The Labute approximate surface area is 125 Å². The second-order valence-corrected chi connectivity index (χ2v) is 5.81. The number of carbonyl (C=O) groups excluding carboxylic acids is 1. The van der Waals surface area contributed by atoms with Gasteiger partial charge in [0.15, 0.2) is 0 Å². The molecule has 3 rings (SSSR count). The Hall–Kier alpha value is -1.39. The number of rotatable bonds is 3. The zero-order valence-electron chi connectivity index (χ0n) is 12.5. The Balaban J connectivity index is 2.11. The van der Waals surface area contributed by atoms with Crippen molar-refractivity contribution in [2.45, 2.75) is 37.9 Å². The standard InChI is InChI=1S/C17H22O4/c1-19-15(18)16(10-6-3-7-11-16)17(20-12-13-21-17)14-8-4-2-5-9-14/h2,4-5,8-9H,3,6-7,10-13H2,1H3. The Morgan fingerprint density at radius 1 is 1.05 bits per heavy atom. The minimum atomic E-state index is -0.998. The number of methoxy groups -OCH3 is 1. The van der Waals surface area contributed by atoms with Gasteiger partial charge in [-0.3, -0.25) is 4.79 Å². The predicted octanol–water partition coefficient (Wildman–Crippen LogP) is 3.01. The van der Waals surface area contributed by atoms with Crippen LogP contribution in [0.3, 0.4) is 0 Å². The fraction of sp³-hybridized carbons (Fsp3) is 0.588. The lowest BCUT2D eigenvalue weighted by Crippen LogP contribution is -2.53. The molecule has 1 saturated carbocycles. The van der Waals surface area contributed by atoms with Gasteiger partial charge in [0.1, 0.15) is 5.41 Å². The highest BCUT2D eigenvalue weighted by molar-refractivity contribution is 5.78. The second-order valence-electron chi connectivity index (χ2n) is 5.81. The molecule has 4 heteroatoms. The zero-order chi connectivity index (χ0) is 14.8. The van der Waals surface area contributed by atoms with E-state index in [1.807, 2.05) is 30.3 Å². The van der Waals surface area contributed by atoms with Crippen molar-refractivity contribution in [3.05, 3.63) is 35.9 Å². The summed E-state index contributed by atoms with van der Waals surface area (Å²) in [4.78, 5) is 12.7. The second kappa shape index (κ2) is 5.78. The summed E-state index contributed by atoms with van der Waals surface area (Å²) in [5.74, 6) is -1.21. The summed E-state index contributed by atoms with van der Waals surface area (Å²) in [6.45, 7) is 1.02. The van der Waals surface area contributed by atoms with Gasteiger partial charge in [-0.2, -0.15) is 0 Å². The van der Waals surface area contributed by atoms with E-state index in [0.717, 1.165) is 37.7 Å². The van der Waals surface area contributed by atoms with Gasteiger partial charge in [0.05, 0.1) is 20.3 Å². The molecule has 2 fully saturated rings. The fourth-order valence-corrected chi connectivity index (χ4v) is 3.81. The van der Waals surface area contributed by atoms with Gasteiger partial charge in [0, 0.05) is 5.56 Å². The molecule has 1 aliphatic carbocycles.